The number of pyridine rings is 1. The molecule has 0 saturated carbocycles. The smallest absolute Gasteiger partial charge is 0.419 e. The summed E-state index contributed by atoms with van der Waals surface area (Å²) < 4.78 is 13.3. The van der Waals surface area contributed by atoms with E-state index in [2.05, 4.69) is 26.2 Å². The molecule has 30 heavy (non-hydrogen) atoms. The molecule has 1 aromatic carbocycles. The lowest BCUT2D eigenvalue weighted by Crippen LogP contribution is -2.27. The highest BCUT2D eigenvalue weighted by Gasteiger charge is 2.23. The number of furan rings is 1. The van der Waals surface area contributed by atoms with Crippen molar-refractivity contribution >= 4 is 38.6 Å². The monoisotopic (exact) mass is 467 g/mol. The van der Waals surface area contributed by atoms with Crippen molar-refractivity contribution in [2.24, 2.45) is 0 Å². The van der Waals surface area contributed by atoms with Crippen LogP contribution in [0.1, 0.15) is 26.3 Å². The molecule has 0 radical (unpaired) electrons. The number of aromatic nitrogens is 2. The number of halogens is 1. The van der Waals surface area contributed by atoms with E-state index in [1.54, 1.807) is 29.5 Å². The predicted octanol–water partition coefficient (Wildman–Crippen LogP) is 6.45. The van der Waals surface area contributed by atoms with Gasteiger partial charge in [0.15, 0.2) is 0 Å². The Balaban J connectivity index is 1.75. The van der Waals surface area contributed by atoms with E-state index in [0.717, 1.165) is 37.9 Å². The number of benzene rings is 1. The maximum atomic E-state index is 13.1. The molecule has 0 aliphatic carbocycles. The number of rotatable bonds is 4. The van der Waals surface area contributed by atoms with Crippen LogP contribution in [-0.2, 0) is 11.3 Å². The van der Waals surface area contributed by atoms with Gasteiger partial charge in [-0.2, -0.15) is 0 Å². The minimum atomic E-state index is -0.605. The molecule has 7 heteroatoms. The summed E-state index contributed by atoms with van der Waals surface area (Å²) in [6.45, 7) is 6.18. The first-order chi connectivity index (χ1) is 14.3. The fourth-order valence-corrected chi connectivity index (χ4v) is 3.56. The number of hydrogen-bond acceptors (Lipinski definition) is 5. The Kier molecular flexibility index (Phi) is 5.39. The Hall–Kier alpha value is -3.06. The molecular weight excluding hydrogens is 446 g/mol. The SMILES string of the molecule is CC(C)(C)OC(=O)n1c(-c2cncc(NCc3ccoc3)c2)cc2cc(Br)ccc21. The van der Waals surface area contributed by atoms with E-state index in [4.69, 9.17) is 9.15 Å². The number of carbonyl (C=O) groups excluding carboxylic acids is 1. The first kappa shape index (κ1) is 20.2. The second-order valence-corrected chi connectivity index (χ2v) is 8.91. The predicted molar refractivity (Wildman–Crippen MR) is 121 cm³/mol. The van der Waals surface area contributed by atoms with Gasteiger partial charge in [-0.1, -0.05) is 15.9 Å². The second-order valence-electron chi connectivity index (χ2n) is 8.00. The van der Waals surface area contributed by atoms with Crippen LogP contribution in [-0.4, -0.2) is 21.2 Å². The van der Waals surface area contributed by atoms with Crippen molar-refractivity contribution in [1.29, 1.82) is 0 Å². The fourth-order valence-electron chi connectivity index (χ4n) is 3.18. The Labute approximate surface area is 183 Å². The third-order valence-electron chi connectivity index (χ3n) is 4.45. The van der Waals surface area contributed by atoms with Crippen molar-refractivity contribution in [2.45, 2.75) is 32.9 Å². The van der Waals surface area contributed by atoms with Crippen LogP contribution >= 0.6 is 15.9 Å². The molecule has 4 aromatic rings. The normalized spacial score (nSPS) is 11.6. The van der Waals surface area contributed by atoms with Gasteiger partial charge in [-0.15, -0.1) is 0 Å². The second kappa shape index (κ2) is 7.99. The summed E-state index contributed by atoms with van der Waals surface area (Å²) in [5.41, 5.74) is 3.58. The lowest BCUT2D eigenvalue weighted by Gasteiger charge is -2.21. The number of fused-ring (bicyclic) bond motifs is 1. The van der Waals surface area contributed by atoms with Gasteiger partial charge < -0.3 is 14.5 Å². The molecular formula is C23H22BrN3O3. The highest BCUT2D eigenvalue weighted by atomic mass is 79.9. The number of nitrogens with one attached hydrogen (secondary N) is 1. The number of anilines is 1. The van der Waals surface area contributed by atoms with Crippen LogP contribution in [0.4, 0.5) is 10.5 Å². The Morgan fingerprint density at radius 2 is 2.03 bits per heavy atom. The third kappa shape index (κ3) is 4.41. The molecule has 6 nitrogen and oxygen atoms in total. The van der Waals surface area contributed by atoms with E-state index in [0.29, 0.717) is 6.54 Å². The third-order valence-corrected chi connectivity index (χ3v) is 4.94. The molecule has 3 aromatic heterocycles. The minimum absolute atomic E-state index is 0.424. The van der Waals surface area contributed by atoms with E-state index >= 15 is 0 Å². The highest BCUT2D eigenvalue weighted by molar-refractivity contribution is 9.10. The molecule has 3 heterocycles. The van der Waals surface area contributed by atoms with E-state index in [-0.39, 0.29) is 0 Å². The van der Waals surface area contributed by atoms with Crippen LogP contribution in [0.15, 0.2) is 70.2 Å². The molecule has 0 atom stereocenters. The molecule has 0 aliphatic heterocycles. The molecule has 154 valence electrons. The summed E-state index contributed by atoms with van der Waals surface area (Å²) in [4.78, 5) is 17.4. The van der Waals surface area contributed by atoms with Crippen molar-refractivity contribution in [3.63, 3.8) is 0 Å². The lowest BCUT2D eigenvalue weighted by atomic mass is 10.2. The van der Waals surface area contributed by atoms with Crippen LogP contribution in [0.3, 0.4) is 0 Å². The van der Waals surface area contributed by atoms with E-state index in [1.165, 1.54) is 0 Å². The Bertz CT molecular complexity index is 1190. The first-order valence-electron chi connectivity index (χ1n) is 9.55. The van der Waals surface area contributed by atoms with Crippen LogP contribution in [0.25, 0.3) is 22.2 Å². The molecule has 0 spiro atoms. The number of carbonyl (C=O) groups is 1. The molecule has 0 unspecified atom stereocenters. The average Bonchev–Trinajstić information content (AvgIpc) is 3.32. The lowest BCUT2D eigenvalue weighted by molar-refractivity contribution is 0.0547. The summed E-state index contributed by atoms with van der Waals surface area (Å²) in [6, 6.07) is 11.6. The molecule has 4 rings (SSSR count). The summed E-state index contributed by atoms with van der Waals surface area (Å²) >= 11 is 3.50. The van der Waals surface area contributed by atoms with Crippen LogP contribution < -0.4 is 5.32 Å². The maximum Gasteiger partial charge on any atom is 0.419 e. The number of ether oxygens (including phenoxy) is 1. The summed E-state index contributed by atoms with van der Waals surface area (Å²) in [7, 11) is 0. The van der Waals surface area contributed by atoms with Crippen molar-refractivity contribution in [1.82, 2.24) is 9.55 Å². The summed E-state index contributed by atoms with van der Waals surface area (Å²) in [5, 5.41) is 4.26. The van der Waals surface area contributed by atoms with Crippen LogP contribution in [0.5, 0.6) is 0 Å². The molecule has 0 fully saturated rings. The van der Waals surface area contributed by atoms with Crippen molar-refractivity contribution in [2.75, 3.05) is 5.32 Å². The Morgan fingerprint density at radius 3 is 2.77 bits per heavy atom. The van der Waals surface area contributed by atoms with Gasteiger partial charge in [0, 0.05) is 39.9 Å². The van der Waals surface area contributed by atoms with Gasteiger partial charge in [-0.05, 0) is 57.2 Å². The molecule has 0 saturated heterocycles. The van der Waals surface area contributed by atoms with Crippen molar-refractivity contribution in [3.8, 4) is 11.3 Å². The van der Waals surface area contributed by atoms with Crippen LogP contribution in [0.2, 0.25) is 0 Å². The Morgan fingerprint density at radius 1 is 1.20 bits per heavy atom. The van der Waals surface area contributed by atoms with Gasteiger partial charge >= 0.3 is 6.09 Å². The van der Waals surface area contributed by atoms with Crippen molar-refractivity contribution in [3.05, 3.63) is 71.4 Å². The average molecular weight is 468 g/mol. The number of nitrogens with zero attached hydrogens (tertiary/aromatic N) is 2. The van der Waals surface area contributed by atoms with E-state index in [1.807, 2.05) is 57.2 Å². The zero-order chi connectivity index (χ0) is 21.3. The highest BCUT2D eigenvalue weighted by Crippen LogP contribution is 2.32. The van der Waals surface area contributed by atoms with Gasteiger partial charge in [-0.3, -0.25) is 4.98 Å². The minimum Gasteiger partial charge on any atom is -0.472 e. The molecule has 0 bridgehead atoms. The van der Waals surface area contributed by atoms with E-state index in [9.17, 15) is 4.79 Å². The number of hydrogen-bond donors (Lipinski definition) is 1. The molecule has 1 N–H and O–H groups in total. The van der Waals surface area contributed by atoms with Crippen LogP contribution in [0, 0.1) is 0 Å². The molecule has 0 amide bonds. The topological polar surface area (TPSA) is 69.3 Å². The quantitative estimate of drug-likeness (QED) is 0.373. The summed E-state index contributed by atoms with van der Waals surface area (Å²) in [6.07, 6.45) is 6.41. The zero-order valence-electron chi connectivity index (χ0n) is 17.0. The van der Waals surface area contributed by atoms with Gasteiger partial charge in [0.25, 0.3) is 0 Å². The van der Waals surface area contributed by atoms with Gasteiger partial charge in [0.05, 0.1) is 29.4 Å². The van der Waals surface area contributed by atoms with Crippen molar-refractivity contribution < 1.29 is 13.9 Å². The standard InChI is InChI=1S/C23H22BrN3O3/c1-23(2,3)30-22(28)27-20-5-4-18(24)8-16(20)10-21(27)17-9-19(13-25-12-17)26-11-15-6-7-29-14-15/h4-10,12-14,26H,11H2,1-3H3. The first-order valence-corrected chi connectivity index (χ1v) is 10.3. The zero-order valence-corrected chi connectivity index (χ0v) is 18.6. The maximum absolute atomic E-state index is 13.1. The molecule has 0 aliphatic rings. The largest absolute Gasteiger partial charge is 0.472 e. The van der Waals surface area contributed by atoms with Gasteiger partial charge in [-0.25, -0.2) is 9.36 Å². The summed E-state index contributed by atoms with van der Waals surface area (Å²) in [5.74, 6) is 0. The van der Waals surface area contributed by atoms with Gasteiger partial charge in [0.2, 0.25) is 0 Å². The van der Waals surface area contributed by atoms with E-state index < -0.39 is 11.7 Å². The van der Waals surface area contributed by atoms with Gasteiger partial charge in [0.1, 0.15) is 5.60 Å². The fraction of sp³-hybridized carbons (Fsp3) is 0.217.